The summed E-state index contributed by atoms with van der Waals surface area (Å²) in [5.41, 5.74) is 2.18. The van der Waals surface area contributed by atoms with Crippen LogP contribution in [0.5, 0.6) is 0 Å². The van der Waals surface area contributed by atoms with Gasteiger partial charge in [0.1, 0.15) is 11.4 Å². The molecule has 1 unspecified atom stereocenters. The average molecular weight is 451 g/mol. The first-order chi connectivity index (χ1) is 15.8. The van der Waals surface area contributed by atoms with Crippen molar-refractivity contribution in [1.29, 1.82) is 0 Å². The molecule has 6 nitrogen and oxygen atoms in total. The van der Waals surface area contributed by atoms with Crippen molar-refractivity contribution in [3.8, 4) is 0 Å². The summed E-state index contributed by atoms with van der Waals surface area (Å²) in [5, 5.41) is 12.1. The van der Waals surface area contributed by atoms with Gasteiger partial charge in [0.15, 0.2) is 6.04 Å². The van der Waals surface area contributed by atoms with Crippen molar-refractivity contribution in [1.82, 2.24) is 9.88 Å². The summed E-state index contributed by atoms with van der Waals surface area (Å²) in [4.78, 5) is 38.3. The maximum atomic E-state index is 13.4. The van der Waals surface area contributed by atoms with Gasteiger partial charge >= 0.3 is 5.97 Å². The van der Waals surface area contributed by atoms with Crippen molar-refractivity contribution in [2.45, 2.75) is 45.7 Å². The van der Waals surface area contributed by atoms with E-state index < -0.39 is 23.5 Å². The van der Waals surface area contributed by atoms with E-state index in [9.17, 15) is 23.9 Å². The zero-order valence-electron chi connectivity index (χ0n) is 18.7. The van der Waals surface area contributed by atoms with Crippen molar-refractivity contribution in [3.63, 3.8) is 0 Å². The van der Waals surface area contributed by atoms with Gasteiger partial charge in [-0.05, 0) is 47.7 Å². The molecular formula is C26H27FN2O4. The number of carbonyl (C=O) groups is 2. The standard InChI is InChI=1S/C26H27FN2O4/c1-3-8-22-18(4-2)15-21(25(31)29(22)16-17-11-13-20(27)14-12-17)24(30)28-23(26(32)33)19-9-6-5-7-10-19/h5-7,9-15,23H,3-4,8,16H2,1-2H3,(H,28,30)(H,32,33). The van der Waals surface area contributed by atoms with Gasteiger partial charge in [-0.25, -0.2) is 9.18 Å². The number of benzene rings is 2. The summed E-state index contributed by atoms with van der Waals surface area (Å²) in [6.45, 7) is 4.13. The molecule has 0 aliphatic rings. The molecule has 0 fully saturated rings. The molecule has 3 aromatic rings. The van der Waals surface area contributed by atoms with Gasteiger partial charge in [-0.15, -0.1) is 0 Å². The van der Waals surface area contributed by atoms with Crippen molar-refractivity contribution in [2.75, 3.05) is 0 Å². The van der Waals surface area contributed by atoms with Crippen LogP contribution in [0.3, 0.4) is 0 Å². The van der Waals surface area contributed by atoms with Crippen LogP contribution in [0.4, 0.5) is 4.39 Å². The predicted molar refractivity (Wildman–Crippen MR) is 124 cm³/mol. The Bertz CT molecular complexity index is 1190. The SMILES string of the molecule is CCCc1c(CC)cc(C(=O)NC(C(=O)O)c2ccccc2)c(=O)n1Cc1ccc(F)cc1. The van der Waals surface area contributed by atoms with E-state index >= 15 is 0 Å². The highest BCUT2D eigenvalue weighted by molar-refractivity contribution is 5.96. The molecule has 7 heteroatoms. The normalized spacial score (nSPS) is 11.7. The zero-order chi connectivity index (χ0) is 24.0. The molecule has 1 amide bonds. The highest BCUT2D eigenvalue weighted by Gasteiger charge is 2.25. The third-order valence-electron chi connectivity index (χ3n) is 5.51. The number of carboxylic acid groups (broad SMARTS) is 1. The second kappa shape index (κ2) is 10.7. The monoisotopic (exact) mass is 450 g/mol. The van der Waals surface area contributed by atoms with Crippen molar-refractivity contribution in [2.24, 2.45) is 0 Å². The Morgan fingerprint density at radius 2 is 1.73 bits per heavy atom. The second-order valence-electron chi connectivity index (χ2n) is 7.81. The van der Waals surface area contributed by atoms with E-state index in [0.717, 1.165) is 23.2 Å². The summed E-state index contributed by atoms with van der Waals surface area (Å²) in [6.07, 6.45) is 2.04. The molecule has 0 aliphatic heterocycles. The van der Waals surface area contributed by atoms with Gasteiger partial charge in [0.05, 0.1) is 6.54 Å². The highest BCUT2D eigenvalue weighted by atomic mass is 19.1. The Kier molecular flexibility index (Phi) is 7.77. The smallest absolute Gasteiger partial charge is 0.330 e. The fourth-order valence-corrected chi connectivity index (χ4v) is 3.84. The van der Waals surface area contributed by atoms with Crippen molar-refractivity contribution < 1.29 is 19.1 Å². The minimum Gasteiger partial charge on any atom is -0.479 e. The lowest BCUT2D eigenvalue weighted by Crippen LogP contribution is -2.39. The first-order valence-electron chi connectivity index (χ1n) is 10.9. The van der Waals surface area contributed by atoms with E-state index in [2.05, 4.69) is 5.32 Å². The van der Waals surface area contributed by atoms with Crippen LogP contribution in [-0.4, -0.2) is 21.6 Å². The number of nitrogens with zero attached hydrogens (tertiary/aromatic N) is 1. The second-order valence-corrected chi connectivity index (χ2v) is 7.81. The molecule has 0 saturated carbocycles. The molecule has 1 aromatic heterocycles. The van der Waals surface area contributed by atoms with Gasteiger partial charge in [0, 0.05) is 5.69 Å². The summed E-state index contributed by atoms with van der Waals surface area (Å²) in [7, 11) is 0. The number of pyridine rings is 1. The van der Waals surface area contributed by atoms with Crippen LogP contribution in [-0.2, 0) is 24.2 Å². The van der Waals surface area contributed by atoms with E-state index in [0.29, 0.717) is 18.4 Å². The maximum Gasteiger partial charge on any atom is 0.330 e. The molecule has 1 heterocycles. The maximum absolute atomic E-state index is 13.4. The van der Waals surface area contributed by atoms with Gasteiger partial charge < -0.3 is 15.0 Å². The molecular weight excluding hydrogens is 423 g/mol. The van der Waals surface area contributed by atoms with E-state index in [1.54, 1.807) is 53.1 Å². The number of hydrogen-bond donors (Lipinski definition) is 2. The number of halogens is 1. The van der Waals surface area contributed by atoms with E-state index in [-0.39, 0.29) is 17.9 Å². The number of nitrogens with one attached hydrogen (secondary N) is 1. The molecule has 0 radical (unpaired) electrons. The number of aromatic nitrogens is 1. The molecule has 0 spiro atoms. The Morgan fingerprint density at radius 1 is 1.06 bits per heavy atom. The Morgan fingerprint density at radius 3 is 2.30 bits per heavy atom. The molecule has 3 rings (SSSR count). The first-order valence-corrected chi connectivity index (χ1v) is 10.9. The predicted octanol–water partition coefficient (Wildman–Crippen LogP) is 4.11. The minimum absolute atomic E-state index is 0.115. The van der Waals surface area contributed by atoms with Crippen LogP contribution >= 0.6 is 0 Å². The van der Waals surface area contributed by atoms with Gasteiger partial charge in [-0.3, -0.25) is 9.59 Å². The number of aryl methyl sites for hydroxylation is 1. The number of aliphatic carboxylic acids is 1. The Labute approximate surface area is 191 Å². The van der Waals surface area contributed by atoms with Crippen molar-refractivity contribution >= 4 is 11.9 Å². The van der Waals surface area contributed by atoms with Gasteiger partial charge in [-0.2, -0.15) is 0 Å². The first kappa shape index (κ1) is 23.9. The summed E-state index contributed by atoms with van der Waals surface area (Å²) >= 11 is 0. The third-order valence-corrected chi connectivity index (χ3v) is 5.51. The summed E-state index contributed by atoms with van der Waals surface area (Å²) < 4.78 is 14.9. The van der Waals surface area contributed by atoms with Gasteiger partial charge in [0.2, 0.25) is 0 Å². The van der Waals surface area contributed by atoms with E-state index in [1.807, 2.05) is 13.8 Å². The molecule has 0 saturated heterocycles. The van der Waals surface area contributed by atoms with Crippen LogP contribution in [0.15, 0.2) is 65.5 Å². The molecule has 0 bridgehead atoms. The highest BCUT2D eigenvalue weighted by Crippen LogP contribution is 2.17. The Balaban J connectivity index is 2.05. The lowest BCUT2D eigenvalue weighted by atomic mass is 10.0. The van der Waals surface area contributed by atoms with Crippen LogP contribution in [0.1, 0.15) is 59.1 Å². The topological polar surface area (TPSA) is 88.4 Å². The lowest BCUT2D eigenvalue weighted by Gasteiger charge is -2.20. The number of hydrogen-bond acceptors (Lipinski definition) is 3. The lowest BCUT2D eigenvalue weighted by molar-refractivity contribution is -0.139. The summed E-state index contributed by atoms with van der Waals surface area (Å²) in [6, 6.07) is 14.5. The number of rotatable bonds is 9. The average Bonchev–Trinajstić information content (AvgIpc) is 2.81. The molecule has 0 aliphatic carbocycles. The molecule has 1 atom stereocenters. The number of carboxylic acids is 1. The largest absolute Gasteiger partial charge is 0.479 e. The number of amides is 1. The van der Waals surface area contributed by atoms with E-state index in [4.69, 9.17) is 0 Å². The molecule has 172 valence electrons. The fourth-order valence-electron chi connectivity index (χ4n) is 3.84. The van der Waals surface area contributed by atoms with Crippen LogP contribution in [0.25, 0.3) is 0 Å². The van der Waals surface area contributed by atoms with Crippen LogP contribution < -0.4 is 10.9 Å². The third kappa shape index (κ3) is 5.55. The van der Waals surface area contributed by atoms with Crippen LogP contribution in [0, 0.1) is 5.82 Å². The zero-order valence-corrected chi connectivity index (χ0v) is 18.7. The molecule has 2 N–H and O–H groups in total. The van der Waals surface area contributed by atoms with Gasteiger partial charge in [-0.1, -0.05) is 62.7 Å². The quantitative estimate of drug-likeness (QED) is 0.514. The molecule has 2 aromatic carbocycles. The van der Waals surface area contributed by atoms with Gasteiger partial charge in [0.25, 0.3) is 11.5 Å². The molecule has 33 heavy (non-hydrogen) atoms. The minimum atomic E-state index is -1.29. The fraction of sp³-hybridized carbons (Fsp3) is 0.269. The van der Waals surface area contributed by atoms with Crippen molar-refractivity contribution in [3.05, 3.63) is 105 Å². The van der Waals surface area contributed by atoms with Crippen LogP contribution in [0.2, 0.25) is 0 Å². The summed E-state index contributed by atoms with van der Waals surface area (Å²) in [5.74, 6) is -2.34. The Hall–Kier alpha value is -3.74. The van der Waals surface area contributed by atoms with E-state index in [1.165, 1.54) is 12.1 Å². The number of carbonyl (C=O) groups excluding carboxylic acids is 1.